The fourth-order valence-corrected chi connectivity index (χ4v) is 2.82. The molecule has 3 heteroatoms. The quantitative estimate of drug-likeness (QED) is 0.551. The van der Waals surface area contributed by atoms with Gasteiger partial charge in [0, 0.05) is 27.8 Å². The number of anilines is 1. The topological polar surface area (TPSA) is 58.9 Å². The Bertz CT molecular complexity index is 859. The molecule has 3 rings (SSSR count). The number of fused-ring (bicyclic) bond motifs is 1. The molecule has 2 aromatic carbocycles. The van der Waals surface area contributed by atoms with Gasteiger partial charge in [0.1, 0.15) is 0 Å². The number of hydrogen-bond acceptors (Lipinski definition) is 2. The summed E-state index contributed by atoms with van der Waals surface area (Å²) in [5.74, 6) is 0.0224. The molecule has 0 fully saturated rings. The van der Waals surface area contributed by atoms with Crippen LogP contribution >= 0.6 is 0 Å². The van der Waals surface area contributed by atoms with Crippen molar-refractivity contribution >= 4 is 22.4 Å². The van der Waals surface area contributed by atoms with E-state index in [-0.39, 0.29) is 5.78 Å². The summed E-state index contributed by atoms with van der Waals surface area (Å²) in [5.41, 5.74) is 11.9. The number of aryl methyl sites for hydroxylation is 3. The molecule has 0 saturated carbocycles. The lowest BCUT2D eigenvalue weighted by Crippen LogP contribution is -2.06. The summed E-state index contributed by atoms with van der Waals surface area (Å²) >= 11 is 0. The minimum absolute atomic E-state index is 0.0224. The summed E-state index contributed by atoms with van der Waals surface area (Å²) in [4.78, 5) is 16.2. The number of aromatic nitrogens is 1. The number of H-pyrrole nitrogens is 1. The zero-order valence-corrected chi connectivity index (χ0v) is 12.4. The third-order valence-corrected chi connectivity index (χ3v) is 3.98. The zero-order valence-electron chi connectivity index (χ0n) is 12.4. The molecule has 0 saturated heterocycles. The predicted molar refractivity (Wildman–Crippen MR) is 86.8 cm³/mol. The third kappa shape index (κ3) is 2.11. The number of benzene rings is 2. The lowest BCUT2D eigenvalue weighted by Gasteiger charge is -2.09. The molecule has 0 amide bonds. The summed E-state index contributed by atoms with van der Waals surface area (Å²) in [5, 5.41) is 0.957. The normalized spacial score (nSPS) is 11.0. The second kappa shape index (κ2) is 4.77. The molecule has 0 radical (unpaired) electrons. The maximum Gasteiger partial charge on any atom is 0.195 e. The Morgan fingerprint density at radius 2 is 1.76 bits per heavy atom. The fraction of sp³-hybridized carbons (Fsp3) is 0.167. The Labute approximate surface area is 123 Å². The summed E-state index contributed by atoms with van der Waals surface area (Å²) in [6.07, 6.45) is 0. The van der Waals surface area contributed by atoms with Crippen molar-refractivity contribution in [1.82, 2.24) is 4.98 Å². The van der Waals surface area contributed by atoms with Crippen LogP contribution in [0.3, 0.4) is 0 Å². The van der Waals surface area contributed by atoms with E-state index in [4.69, 9.17) is 5.73 Å². The largest absolute Gasteiger partial charge is 0.398 e. The van der Waals surface area contributed by atoms with Crippen LogP contribution in [0.15, 0.2) is 36.4 Å². The highest BCUT2D eigenvalue weighted by Crippen LogP contribution is 2.27. The smallest absolute Gasteiger partial charge is 0.195 e. The summed E-state index contributed by atoms with van der Waals surface area (Å²) in [7, 11) is 0. The molecule has 1 heterocycles. The van der Waals surface area contributed by atoms with E-state index in [2.05, 4.69) is 4.98 Å². The third-order valence-electron chi connectivity index (χ3n) is 3.98. The van der Waals surface area contributed by atoms with Gasteiger partial charge in [-0.3, -0.25) is 4.79 Å². The molecule has 3 nitrogen and oxygen atoms in total. The second-order valence-corrected chi connectivity index (χ2v) is 5.52. The number of nitrogens with two attached hydrogens (primary N) is 1. The molecule has 3 N–H and O–H groups in total. The number of nitrogen functional groups attached to an aromatic ring is 1. The van der Waals surface area contributed by atoms with Gasteiger partial charge in [0.15, 0.2) is 5.78 Å². The van der Waals surface area contributed by atoms with Gasteiger partial charge in [0.2, 0.25) is 0 Å². The van der Waals surface area contributed by atoms with E-state index in [1.54, 1.807) is 6.07 Å². The average molecular weight is 278 g/mol. The second-order valence-electron chi connectivity index (χ2n) is 5.52. The highest BCUT2D eigenvalue weighted by atomic mass is 16.1. The van der Waals surface area contributed by atoms with Gasteiger partial charge in [-0.2, -0.15) is 0 Å². The molecular formula is C18H18N2O. The van der Waals surface area contributed by atoms with Crippen LogP contribution in [0.2, 0.25) is 0 Å². The van der Waals surface area contributed by atoms with Gasteiger partial charge < -0.3 is 10.7 Å². The number of rotatable bonds is 2. The number of nitrogens with one attached hydrogen (secondary N) is 1. The molecule has 0 atom stereocenters. The van der Waals surface area contributed by atoms with Crippen LogP contribution in [-0.4, -0.2) is 10.8 Å². The minimum atomic E-state index is 0.0224. The Kier molecular flexibility index (Phi) is 3.05. The first-order valence-electron chi connectivity index (χ1n) is 6.97. The molecule has 0 aliphatic carbocycles. The van der Waals surface area contributed by atoms with Gasteiger partial charge in [0.25, 0.3) is 0 Å². The van der Waals surface area contributed by atoms with Gasteiger partial charge in [-0.15, -0.1) is 0 Å². The number of hydrogen-bond donors (Lipinski definition) is 2. The van der Waals surface area contributed by atoms with Gasteiger partial charge in [-0.25, -0.2) is 0 Å². The first kappa shape index (κ1) is 13.4. The zero-order chi connectivity index (χ0) is 15.1. The van der Waals surface area contributed by atoms with Crippen molar-refractivity contribution in [2.75, 3.05) is 5.73 Å². The Morgan fingerprint density at radius 1 is 1.05 bits per heavy atom. The van der Waals surface area contributed by atoms with Gasteiger partial charge >= 0.3 is 0 Å². The molecule has 0 aliphatic heterocycles. The number of carbonyl (C=O) groups excluding carboxylic acids is 1. The molecule has 0 spiro atoms. The highest BCUT2D eigenvalue weighted by Gasteiger charge is 2.19. The molecule has 21 heavy (non-hydrogen) atoms. The van der Waals surface area contributed by atoms with E-state index in [0.717, 1.165) is 33.3 Å². The molecule has 3 aromatic rings. The lowest BCUT2D eigenvalue weighted by molar-refractivity contribution is 0.103. The number of aromatic amines is 1. The lowest BCUT2D eigenvalue weighted by atomic mass is 9.95. The van der Waals surface area contributed by atoms with E-state index < -0.39 is 0 Å². The van der Waals surface area contributed by atoms with Gasteiger partial charge in [-0.05, 0) is 44.0 Å². The van der Waals surface area contributed by atoms with Crippen LogP contribution < -0.4 is 5.73 Å². The van der Waals surface area contributed by atoms with Crippen LogP contribution in [0.4, 0.5) is 5.69 Å². The molecule has 106 valence electrons. The van der Waals surface area contributed by atoms with Gasteiger partial charge in [0.05, 0.1) is 5.56 Å². The first-order valence-corrected chi connectivity index (χ1v) is 6.97. The molecule has 0 unspecified atom stereocenters. The fourth-order valence-electron chi connectivity index (χ4n) is 2.82. The van der Waals surface area contributed by atoms with Crippen molar-refractivity contribution in [3.63, 3.8) is 0 Å². The Balaban J connectivity index is 2.22. The standard InChI is InChI=1S/C18H18N2O/c1-10-8-11(2)15(19)9-14(10)18(21)17-12(3)20-16-7-5-4-6-13(16)17/h4-9,20H,19H2,1-3H3. The minimum Gasteiger partial charge on any atom is -0.398 e. The first-order chi connectivity index (χ1) is 9.99. The number of ketones is 1. The predicted octanol–water partition coefficient (Wildman–Crippen LogP) is 3.91. The SMILES string of the molecule is Cc1cc(C)c(C(=O)c2c(C)[nH]c3ccccc23)cc1N. The van der Waals surface area contributed by atoms with Crippen LogP contribution in [0, 0.1) is 20.8 Å². The van der Waals surface area contributed by atoms with Crippen LogP contribution in [0.25, 0.3) is 10.9 Å². The van der Waals surface area contributed by atoms with E-state index in [0.29, 0.717) is 11.3 Å². The highest BCUT2D eigenvalue weighted by molar-refractivity contribution is 6.18. The average Bonchev–Trinajstić information content (AvgIpc) is 2.78. The van der Waals surface area contributed by atoms with Gasteiger partial charge in [-0.1, -0.05) is 24.3 Å². The van der Waals surface area contributed by atoms with Crippen molar-refractivity contribution in [3.8, 4) is 0 Å². The van der Waals surface area contributed by atoms with Crippen molar-refractivity contribution in [2.24, 2.45) is 0 Å². The Hall–Kier alpha value is -2.55. The van der Waals surface area contributed by atoms with Crippen LogP contribution in [-0.2, 0) is 0 Å². The number of carbonyl (C=O) groups is 1. The van der Waals surface area contributed by atoms with E-state index in [1.165, 1.54) is 0 Å². The van der Waals surface area contributed by atoms with E-state index in [1.807, 2.05) is 51.1 Å². The van der Waals surface area contributed by atoms with Crippen molar-refractivity contribution in [3.05, 3.63) is 64.3 Å². The molecule has 0 aliphatic rings. The van der Waals surface area contributed by atoms with Crippen LogP contribution in [0.5, 0.6) is 0 Å². The van der Waals surface area contributed by atoms with Crippen LogP contribution in [0.1, 0.15) is 32.7 Å². The summed E-state index contributed by atoms with van der Waals surface area (Å²) in [6.45, 7) is 5.83. The van der Waals surface area contributed by atoms with E-state index in [9.17, 15) is 4.79 Å². The molecule has 1 aromatic heterocycles. The summed E-state index contributed by atoms with van der Waals surface area (Å²) in [6, 6.07) is 11.6. The maximum absolute atomic E-state index is 13.0. The van der Waals surface area contributed by atoms with E-state index >= 15 is 0 Å². The molecule has 0 bridgehead atoms. The van der Waals surface area contributed by atoms with Crippen molar-refractivity contribution in [2.45, 2.75) is 20.8 Å². The molecular weight excluding hydrogens is 260 g/mol. The maximum atomic E-state index is 13.0. The van der Waals surface area contributed by atoms with Crippen molar-refractivity contribution < 1.29 is 4.79 Å². The van der Waals surface area contributed by atoms with Crippen molar-refractivity contribution in [1.29, 1.82) is 0 Å². The number of para-hydroxylation sites is 1. The summed E-state index contributed by atoms with van der Waals surface area (Å²) < 4.78 is 0. The monoisotopic (exact) mass is 278 g/mol. The Morgan fingerprint density at radius 3 is 2.52 bits per heavy atom.